The summed E-state index contributed by atoms with van der Waals surface area (Å²) in [6.07, 6.45) is 1.46. The van der Waals surface area contributed by atoms with Gasteiger partial charge in [-0.3, -0.25) is 4.79 Å². The Labute approximate surface area is 122 Å². The van der Waals surface area contributed by atoms with Crippen molar-refractivity contribution in [2.24, 2.45) is 0 Å². The first-order valence-corrected chi connectivity index (χ1v) is 6.71. The van der Waals surface area contributed by atoms with E-state index in [0.29, 0.717) is 13.0 Å². The summed E-state index contributed by atoms with van der Waals surface area (Å²) in [5.41, 5.74) is 1.81. The summed E-state index contributed by atoms with van der Waals surface area (Å²) in [5, 5.41) is 25.7. The van der Waals surface area contributed by atoms with Gasteiger partial charge in [0, 0.05) is 12.1 Å². The molecule has 0 aliphatic rings. The van der Waals surface area contributed by atoms with E-state index >= 15 is 0 Å². The van der Waals surface area contributed by atoms with Crippen molar-refractivity contribution >= 4 is 5.91 Å². The third-order valence-corrected chi connectivity index (χ3v) is 3.32. The fourth-order valence-corrected chi connectivity index (χ4v) is 2.18. The number of aromatic hydroxyl groups is 2. The molecule has 0 aliphatic carbocycles. The number of nitrogens with zero attached hydrogens (tertiary/aromatic N) is 1. The molecule has 2 aromatic rings. The minimum atomic E-state index is -0.496. The molecule has 0 saturated carbocycles. The Morgan fingerprint density at radius 3 is 2.52 bits per heavy atom. The molecule has 112 valence electrons. The lowest BCUT2D eigenvalue weighted by Gasteiger charge is -2.08. The Kier molecular flexibility index (Phi) is 4.47. The predicted octanol–water partition coefficient (Wildman–Crippen LogP) is 2.07. The monoisotopic (exact) mass is 290 g/mol. The number of hydrogen-bond donors (Lipinski definition) is 3. The molecule has 1 aromatic carbocycles. The summed E-state index contributed by atoms with van der Waals surface area (Å²) in [5.74, 6) is -0.182. The van der Waals surface area contributed by atoms with Crippen LogP contribution < -0.4 is 5.32 Å². The largest absolute Gasteiger partial charge is 0.507 e. The van der Waals surface area contributed by atoms with Gasteiger partial charge in [0.2, 0.25) is 0 Å². The molecule has 1 aromatic heterocycles. The van der Waals surface area contributed by atoms with Gasteiger partial charge in [0.25, 0.3) is 5.91 Å². The van der Waals surface area contributed by atoms with Crippen molar-refractivity contribution < 1.29 is 19.5 Å². The van der Waals surface area contributed by atoms with Crippen LogP contribution in [0.1, 0.15) is 33.8 Å². The maximum Gasteiger partial charge on any atom is 0.258 e. The number of carbonyl (C=O) groups is 1. The standard InChI is InChI=1S/C15H18N2O4/c1-9-11(10(2)21-17-9)5-4-8-16-15(20)14-12(18)6-3-7-13(14)19/h3,6-7,18-19H,4-5,8H2,1-2H3,(H,16,20). The molecule has 0 radical (unpaired) electrons. The van der Waals surface area contributed by atoms with Crippen molar-refractivity contribution in [3.05, 3.63) is 40.8 Å². The van der Waals surface area contributed by atoms with E-state index in [4.69, 9.17) is 4.52 Å². The number of amides is 1. The van der Waals surface area contributed by atoms with Gasteiger partial charge in [-0.05, 0) is 38.8 Å². The highest BCUT2D eigenvalue weighted by Gasteiger charge is 2.15. The Morgan fingerprint density at radius 1 is 1.29 bits per heavy atom. The normalized spacial score (nSPS) is 10.6. The number of carbonyl (C=O) groups excluding carboxylic acids is 1. The van der Waals surface area contributed by atoms with Gasteiger partial charge in [-0.1, -0.05) is 11.2 Å². The summed E-state index contributed by atoms with van der Waals surface area (Å²) >= 11 is 0. The number of benzene rings is 1. The van der Waals surface area contributed by atoms with E-state index in [9.17, 15) is 15.0 Å². The first kappa shape index (κ1) is 14.9. The van der Waals surface area contributed by atoms with E-state index in [0.717, 1.165) is 23.4 Å². The summed E-state index contributed by atoms with van der Waals surface area (Å²) < 4.78 is 5.07. The lowest BCUT2D eigenvalue weighted by molar-refractivity contribution is 0.0948. The number of hydrogen-bond acceptors (Lipinski definition) is 5. The molecule has 21 heavy (non-hydrogen) atoms. The quantitative estimate of drug-likeness (QED) is 0.733. The summed E-state index contributed by atoms with van der Waals surface area (Å²) in [7, 11) is 0. The average Bonchev–Trinajstić information content (AvgIpc) is 2.74. The summed E-state index contributed by atoms with van der Waals surface area (Å²) in [6, 6.07) is 4.19. The molecule has 0 fully saturated rings. The van der Waals surface area contributed by atoms with Crippen molar-refractivity contribution in [3.8, 4) is 11.5 Å². The molecule has 0 bridgehead atoms. The molecular formula is C15H18N2O4. The molecule has 3 N–H and O–H groups in total. The molecule has 0 unspecified atom stereocenters. The molecular weight excluding hydrogens is 272 g/mol. The van der Waals surface area contributed by atoms with Gasteiger partial charge < -0.3 is 20.1 Å². The average molecular weight is 290 g/mol. The van der Waals surface area contributed by atoms with Crippen LogP contribution in [0.5, 0.6) is 11.5 Å². The minimum Gasteiger partial charge on any atom is -0.507 e. The van der Waals surface area contributed by atoms with Crippen LogP contribution in [-0.2, 0) is 6.42 Å². The number of phenols is 2. The van der Waals surface area contributed by atoms with E-state index in [1.54, 1.807) is 0 Å². The Balaban J connectivity index is 1.88. The van der Waals surface area contributed by atoms with Crippen LogP contribution in [0.3, 0.4) is 0 Å². The third-order valence-electron chi connectivity index (χ3n) is 3.32. The van der Waals surface area contributed by atoms with Gasteiger partial charge in [0.1, 0.15) is 22.8 Å². The molecule has 0 spiro atoms. The zero-order valence-corrected chi connectivity index (χ0v) is 12.0. The first-order valence-electron chi connectivity index (χ1n) is 6.71. The van der Waals surface area contributed by atoms with Crippen molar-refractivity contribution in [1.82, 2.24) is 10.5 Å². The zero-order chi connectivity index (χ0) is 15.4. The Hall–Kier alpha value is -2.50. The lowest BCUT2D eigenvalue weighted by Crippen LogP contribution is -2.25. The fraction of sp³-hybridized carbons (Fsp3) is 0.333. The van der Waals surface area contributed by atoms with Crippen LogP contribution >= 0.6 is 0 Å². The zero-order valence-electron chi connectivity index (χ0n) is 12.0. The van der Waals surface area contributed by atoms with Crippen LogP contribution in [0.2, 0.25) is 0 Å². The van der Waals surface area contributed by atoms with E-state index in [1.165, 1.54) is 18.2 Å². The maximum atomic E-state index is 11.9. The van der Waals surface area contributed by atoms with Gasteiger partial charge in [0.05, 0.1) is 5.69 Å². The van der Waals surface area contributed by atoms with E-state index < -0.39 is 5.91 Å². The Bertz CT molecular complexity index is 609. The highest BCUT2D eigenvalue weighted by Crippen LogP contribution is 2.25. The molecule has 0 aliphatic heterocycles. The fourth-order valence-electron chi connectivity index (χ4n) is 2.18. The highest BCUT2D eigenvalue weighted by atomic mass is 16.5. The van der Waals surface area contributed by atoms with Crippen molar-refractivity contribution in [1.29, 1.82) is 0 Å². The first-order chi connectivity index (χ1) is 10.0. The molecule has 6 heteroatoms. The van der Waals surface area contributed by atoms with Crippen LogP contribution in [-0.4, -0.2) is 27.8 Å². The smallest absolute Gasteiger partial charge is 0.258 e. The van der Waals surface area contributed by atoms with E-state index in [-0.39, 0.29) is 17.1 Å². The van der Waals surface area contributed by atoms with E-state index in [2.05, 4.69) is 10.5 Å². The lowest BCUT2D eigenvalue weighted by atomic mass is 10.1. The molecule has 0 saturated heterocycles. The van der Waals surface area contributed by atoms with Crippen LogP contribution in [0, 0.1) is 13.8 Å². The van der Waals surface area contributed by atoms with Crippen molar-refractivity contribution in [3.63, 3.8) is 0 Å². The number of aryl methyl sites for hydroxylation is 2. The molecule has 6 nitrogen and oxygen atoms in total. The topological polar surface area (TPSA) is 95.6 Å². The van der Waals surface area contributed by atoms with E-state index in [1.807, 2.05) is 13.8 Å². The summed E-state index contributed by atoms with van der Waals surface area (Å²) in [6.45, 7) is 4.16. The predicted molar refractivity (Wildman–Crippen MR) is 76.4 cm³/mol. The Morgan fingerprint density at radius 2 is 1.95 bits per heavy atom. The van der Waals surface area contributed by atoms with Gasteiger partial charge >= 0.3 is 0 Å². The highest BCUT2D eigenvalue weighted by molar-refractivity contribution is 5.99. The molecule has 0 atom stereocenters. The SMILES string of the molecule is Cc1noc(C)c1CCCNC(=O)c1c(O)cccc1O. The number of aromatic nitrogens is 1. The molecule has 1 amide bonds. The molecule has 2 rings (SSSR count). The minimum absolute atomic E-state index is 0.102. The number of rotatable bonds is 5. The second-order valence-corrected chi connectivity index (χ2v) is 4.83. The van der Waals surface area contributed by atoms with Crippen LogP contribution in [0.25, 0.3) is 0 Å². The van der Waals surface area contributed by atoms with Gasteiger partial charge in [0.15, 0.2) is 0 Å². The number of nitrogens with one attached hydrogen (secondary N) is 1. The second kappa shape index (κ2) is 6.30. The number of phenolic OH excluding ortho intramolecular Hbond substituents is 2. The van der Waals surface area contributed by atoms with Crippen LogP contribution in [0.15, 0.2) is 22.7 Å². The van der Waals surface area contributed by atoms with Gasteiger partial charge in [-0.15, -0.1) is 0 Å². The van der Waals surface area contributed by atoms with Gasteiger partial charge in [-0.2, -0.15) is 0 Å². The van der Waals surface area contributed by atoms with Crippen molar-refractivity contribution in [2.75, 3.05) is 6.54 Å². The van der Waals surface area contributed by atoms with Gasteiger partial charge in [-0.25, -0.2) is 0 Å². The summed E-state index contributed by atoms with van der Waals surface area (Å²) in [4.78, 5) is 11.9. The third kappa shape index (κ3) is 3.34. The van der Waals surface area contributed by atoms with Crippen molar-refractivity contribution in [2.45, 2.75) is 26.7 Å². The molecule has 1 heterocycles. The second-order valence-electron chi connectivity index (χ2n) is 4.83. The van der Waals surface area contributed by atoms with Crippen LogP contribution in [0.4, 0.5) is 0 Å². The maximum absolute atomic E-state index is 11.9.